The minimum absolute atomic E-state index is 0.165. The molecular formula is C27H26FN3O2. The fourth-order valence-electron chi connectivity index (χ4n) is 3.68. The smallest absolute Gasteiger partial charge is 0.226 e. The molecular weight excluding hydrogens is 417 g/mol. The summed E-state index contributed by atoms with van der Waals surface area (Å²) in [4.78, 5) is 12.6. The van der Waals surface area contributed by atoms with Crippen LogP contribution < -0.4 is 10.1 Å². The largest absolute Gasteiger partial charge is 0.438 e. The topological polar surface area (TPSA) is 56.1 Å². The van der Waals surface area contributed by atoms with Crippen LogP contribution in [-0.2, 0) is 11.2 Å². The highest BCUT2D eigenvalue weighted by atomic mass is 19.1. The van der Waals surface area contributed by atoms with Crippen molar-refractivity contribution in [1.82, 2.24) is 9.78 Å². The van der Waals surface area contributed by atoms with E-state index >= 15 is 0 Å². The van der Waals surface area contributed by atoms with E-state index in [4.69, 9.17) is 9.84 Å². The highest BCUT2D eigenvalue weighted by Crippen LogP contribution is 2.33. The van der Waals surface area contributed by atoms with E-state index in [1.807, 2.05) is 69.3 Å². The maximum Gasteiger partial charge on any atom is 0.226 e. The van der Waals surface area contributed by atoms with E-state index in [0.717, 1.165) is 33.8 Å². The van der Waals surface area contributed by atoms with E-state index in [2.05, 4.69) is 5.32 Å². The number of hydrogen-bond acceptors (Lipinski definition) is 3. The summed E-state index contributed by atoms with van der Waals surface area (Å²) in [6, 6.07) is 21.8. The van der Waals surface area contributed by atoms with Crippen LogP contribution in [0.5, 0.6) is 11.6 Å². The Bertz CT molecular complexity index is 1300. The summed E-state index contributed by atoms with van der Waals surface area (Å²) in [5, 5.41) is 7.39. The molecule has 4 aromatic rings. The Hall–Kier alpha value is -3.93. The number of ether oxygens (including phenoxy) is 1. The molecule has 0 bridgehead atoms. The van der Waals surface area contributed by atoms with Crippen molar-refractivity contribution in [3.8, 4) is 17.3 Å². The number of para-hydroxylation sites is 3. The van der Waals surface area contributed by atoms with Crippen molar-refractivity contribution < 1.29 is 13.9 Å². The maximum atomic E-state index is 13.9. The lowest BCUT2D eigenvalue weighted by atomic mass is 10.1. The average molecular weight is 444 g/mol. The molecule has 6 heteroatoms. The van der Waals surface area contributed by atoms with Crippen LogP contribution in [0.1, 0.15) is 28.8 Å². The van der Waals surface area contributed by atoms with E-state index in [1.54, 1.807) is 22.9 Å². The molecule has 0 aliphatic rings. The highest BCUT2D eigenvalue weighted by Gasteiger charge is 2.21. The maximum absolute atomic E-state index is 13.9. The third-order valence-electron chi connectivity index (χ3n) is 5.53. The monoisotopic (exact) mass is 443 g/mol. The van der Waals surface area contributed by atoms with Gasteiger partial charge in [-0.15, -0.1) is 0 Å². The van der Waals surface area contributed by atoms with Crippen molar-refractivity contribution in [1.29, 1.82) is 0 Å². The minimum Gasteiger partial charge on any atom is -0.438 e. The van der Waals surface area contributed by atoms with E-state index in [0.29, 0.717) is 12.3 Å². The second kappa shape index (κ2) is 9.69. The number of aromatic nitrogens is 2. The molecule has 33 heavy (non-hydrogen) atoms. The van der Waals surface area contributed by atoms with Crippen LogP contribution in [0.3, 0.4) is 0 Å². The number of carbonyl (C=O) groups excluding carboxylic acids is 1. The van der Waals surface area contributed by atoms with Crippen molar-refractivity contribution in [2.24, 2.45) is 0 Å². The van der Waals surface area contributed by atoms with Crippen LogP contribution >= 0.6 is 0 Å². The zero-order valence-corrected chi connectivity index (χ0v) is 18.9. The Kier molecular flexibility index (Phi) is 6.54. The predicted molar refractivity (Wildman–Crippen MR) is 128 cm³/mol. The summed E-state index contributed by atoms with van der Waals surface area (Å²) in [5.74, 6) is 0.571. The Morgan fingerprint density at radius 1 is 0.939 bits per heavy atom. The summed E-state index contributed by atoms with van der Waals surface area (Å²) in [6.07, 6.45) is 0.567. The number of carbonyl (C=O) groups is 1. The van der Waals surface area contributed by atoms with Crippen LogP contribution in [0, 0.1) is 26.6 Å². The van der Waals surface area contributed by atoms with Gasteiger partial charge in [-0.25, -0.2) is 4.39 Å². The molecule has 0 atom stereocenters. The molecule has 0 spiro atoms. The lowest BCUT2D eigenvalue weighted by Gasteiger charge is -2.14. The highest BCUT2D eigenvalue weighted by molar-refractivity contribution is 5.91. The van der Waals surface area contributed by atoms with Gasteiger partial charge in [-0.05, 0) is 62.6 Å². The van der Waals surface area contributed by atoms with E-state index in [1.165, 1.54) is 6.07 Å². The van der Waals surface area contributed by atoms with E-state index in [9.17, 15) is 9.18 Å². The number of anilines is 1. The Morgan fingerprint density at radius 3 is 2.33 bits per heavy atom. The average Bonchev–Trinajstić information content (AvgIpc) is 3.10. The third-order valence-corrected chi connectivity index (χ3v) is 5.53. The lowest BCUT2D eigenvalue weighted by molar-refractivity contribution is -0.116. The number of nitrogens with zero attached hydrogens (tertiary/aromatic N) is 2. The van der Waals surface area contributed by atoms with Gasteiger partial charge in [0.1, 0.15) is 11.6 Å². The molecule has 1 N–H and O–H groups in total. The Morgan fingerprint density at radius 2 is 1.61 bits per heavy atom. The summed E-state index contributed by atoms with van der Waals surface area (Å²) >= 11 is 0. The van der Waals surface area contributed by atoms with Crippen molar-refractivity contribution in [3.05, 3.63) is 101 Å². The molecule has 0 aliphatic heterocycles. The SMILES string of the molecule is Cc1ccccc1Oc1c(CCC(=O)Nc2ccccc2F)c(C)nn1-c1ccccc1C. The molecule has 0 saturated carbocycles. The second-order valence-corrected chi connectivity index (χ2v) is 7.96. The van der Waals surface area contributed by atoms with Crippen molar-refractivity contribution in [2.75, 3.05) is 5.32 Å². The van der Waals surface area contributed by atoms with E-state index < -0.39 is 5.82 Å². The minimum atomic E-state index is -0.460. The number of halogens is 1. The van der Waals surface area contributed by atoms with Gasteiger partial charge in [-0.3, -0.25) is 4.79 Å². The van der Waals surface area contributed by atoms with Gasteiger partial charge in [0.15, 0.2) is 0 Å². The molecule has 0 saturated heterocycles. The molecule has 0 unspecified atom stereocenters. The van der Waals surface area contributed by atoms with Gasteiger partial charge in [-0.2, -0.15) is 9.78 Å². The first-order chi connectivity index (χ1) is 15.9. The standard InChI is InChI=1S/C27H26FN3O2/c1-18-10-4-8-14-24(18)31-27(33-25-15-9-5-11-19(25)2)21(20(3)30-31)16-17-26(32)29-23-13-7-6-12-22(23)28/h4-15H,16-17H2,1-3H3,(H,29,32). The first kappa shape index (κ1) is 22.3. The molecule has 1 amide bonds. The van der Waals surface area contributed by atoms with Gasteiger partial charge in [0.25, 0.3) is 0 Å². The summed E-state index contributed by atoms with van der Waals surface area (Å²) in [7, 11) is 0. The van der Waals surface area contributed by atoms with Crippen LogP contribution in [-0.4, -0.2) is 15.7 Å². The van der Waals surface area contributed by atoms with Crippen molar-refractivity contribution in [3.63, 3.8) is 0 Å². The number of aryl methyl sites for hydroxylation is 3. The van der Waals surface area contributed by atoms with Gasteiger partial charge < -0.3 is 10.1 Å². The molecule has 0 fully saturated rings. The quantitative estimate of drug-likeness (QED) is 0.365. The predicted octanol–water partition coefficient (Wildman–Crippen LogP) is 6.30. The number of amides is 1. The van der Waals surface area contributed by atoms with Gasteiger partial charge >= 0.3 is 0 Å². The third kappa shape index (κ3) is 4.95. The van der Waals surface area contributed by atoms with Gasteiger partial charge in [-0.1, -0.05) is 48.5 Å². The van der Waals surface area contributed by atoms with E-state index in [-0.39, 0.29) is 18.0 Å². The Balaban J connectivity index is 1.65. The van der Waals surface area contributed by atoms with Gasteiger partial charge in [0, 0.05) is 12.0 Å². The lowest BCUT2D eigenvalue weighted by Crippen LogP contribution is -2.13. The van der Waals surface area contributed by atoms with Crippen molar-refractivity contribution >= 4 is 11.6 Å². The van der Waals surface area contributed by atoms with Gasteiger partial charge in [0.05, 0.1) is 17.1 Å². The fraction of sp³-hybridized carbons (Fsp3) is 0.185. The molecule has 0 radical (unpaired) electrons. The first-order valence-corrected chi connectivity index (χ1v) is 10.9. The Labute approximate surface area is 192 Å². The number of benzene rings is 3. The van der Waals surface area contributed by atoms with Crippen LogP contribution in [0.25, 0.3) is 5.69 Å². The second-order valence-electron chi connectivity index (χ2n) is 7.96. The number of nitrogens with one attached hydrogen (secondary N) is 1. The number of hydrogen-bond donors (Lipinski definition) is 1. The summed E-state index contributed by atoms with van der Waals surface area (Å²) < 4.78 is 22.1. The van der Waals surface area contributed by atoms with Crippen LogP contribution in [0.4, 0.5) is 10.1 Å². The van der Waals surface area contributed by atoms with Gasteiger partial charge in [0.2, 0.25) is 11.8 Å². The molecule has 3 aromatic carbocycles. The molecule has 0 aliphatic carbocycles. The van der Waals surface area contributed by atoms with Crippen LogP contribution in [0.15, 0.2) is 72.8 Å². The van der Waals surface area contributed by atoms with Crippen LogP contribution in [0.2, 0.25) is 0 Å². The molecule has 4 rings (SSSR count). The summed E-state index contributed by atoms with van der Waals surface area (Å²) in [6.45, 7) is 5.91. The normalized spacial score (nSPS) is 10.8. The molecule has 1 aromatic heterocycles. The summed E-state index contributed by atoms with van der Waals surface area (Å²) in [5.41, 5.74) is 4.75. The fourth-order valence-corrected chi connectivity index (χ4v) is 3.68. The zero-order chi connectivity index (χ0) is 23.4. The molecule has 168 valence electrons. The van der Waals surface area contributed by atoms with Crippen molar-refractivity contribution in [2.45, 2.75) is 33.6 Å². The number of rotatable bonds is 7. The molecule has 5 nitrogen and oxygen atoms in total. The molecule has 1 heterocycles. The zero-order valence-electron chi connectivity index (χ0n) is 18.9. The first-order valence-electron chi connectivity index (χ1n) is 10.9.